The number of likely N-dealkylation sites (N-methyl/N-ethyl adjacent to an activating group) is 2. The fraction of sp³-hybridized carbons (Fsp3) is 0.533. The highest BCUT2D eigenvalue weighted by Gasteiger charge is 2.16. The monoisotopic (exact) mass is 296 g/mol. The SMILES string of the molecule is CCN(Cc1cc(C(=O)NN)ccc1F)C(C)CN(C)C. The molecule has 1 rings (SSSR count). The molecule has 21 heavy (non-hydrogen) atoms. The van der Waals surface area contributed by atoms with Gasteiger partial charge in [0, 0.05) is 30.3 Å². The van der Waals surface area contributed by atoms with E-state index in [1.165, 1.54) is 12.1 Å². The Labute approximate surface area is 125 Å². The van der Waals surface area contributed by atoms with Gasteiger partial charge in [0.05, 0.1) is 0 Å². The predicted molar refractivity (Wildman–Crippen MR) is 82.2 cm³/mol. The van der Waals surface area contributed by atoms with Crippen LogP contribution >= 0.6 is 0 Å². The zero-order valence-electron chi connectivity index (χ0n) is 13.2. The van der Waals surface area contributed by atoms with E-state index in [0.717, 1.165) is 13.1 Å². The molecule has 1 atom stereocenters. The molecule has 5 nitrogen and oxygen atoms in total. The van der Waals surface area contributed by atoms with Crippen LogP contribution in [-0.4, -0.2) is 48.9 Å². The van der Waals surface area contributed by atoms with Gasteiger partial charge in [-0.3, -0.25) is 15.1 Å². The number of carbonyl (C=O) groups is 1. The number of amides is 1. The lowest BCUT2D eigenvalue weighted by Crippen LogP contribution is -2.39. The number of halogens is 1. The van der Waals surface area contributed by atoms with Crippen LogP contribution in [0.4, 0.5) is 4.39 Å². The standard InChI is InChI=1S/C15H25FN4O/c1-5-20(11(2)9-19(3)4)10-13-8-12(15(21)18-17)6-7-14(13)16/h6-8,11H,5,9-10,17H2,1-4H3,(H,18,21). The maximum Gasteiger partial charge on any atom is 0.265 e. The van der Waals surface area contributed by atoms with E-state index in [9.17, 15) is 9.18 Å². The van der Waals surface area contributed by atoms with Gasteiger partial charge in [-0.1, -0.05) is 6.92 Å². The van der Waals surface area contributed by atoms with E-state index in [0.29, 0.717) is 17.7 Å². The molecule has 0 saturated heterocycles. The minimum atomic E-state index is -0.416. The Balaban J connectivity index is 2.91. The van der Waals surface area contributed by atoms with Gasteiger partial charge in [0.1, 0.15) is 5.82 Å². The lowest BCUT2D eigenvalue weighted by atomic mass is 10.1. The van der Waals surface area contributed by atoms with Crippen LogP contribution < -0.4 is 11.3 Å². The van der Waals surface area contributed by atoms with E-state index >= 15 is 0 Å². The van der Waals surface area contributed by atoms with Crippen molar-refractivity contribution >= 4 is 5.91 Å². The second-order valence-electron chi connectivity index (χ2n) is 5.45. The number of nitrogens with two attached hydrogens (primary N) is 1. The zero-order chi connectivity index (χ0) is 16.0. The molecule has 118 valence electrons. The largest absolute Gasteiger partial charge is 0.308 e. The van der Waals surface area contributed by atoms with Crippen molar-refractivity contribution in [2.75, 3.05) is 27.2 Å². The predicted octanol–water partition coefficient (Wildman–Crippen LogP) is 1.20. The first-order chi connectivity index (χ1) is 9.88. The Hall–Kier alpha value is -1.50. The lowest BCUT2D eigenvalue weighted by molar-refractivity contribution is 0.0953. The van der Waals surface area contributed by atoms with E-state index in [4.69, 9.17) is 5.84 Å². The van der Waals surface area contributed by atoms with Crippen molar-refractivity contribution in [2.24, 2.45) is 5.84 Å². The van der Waals surface area contributed by atoms with Crippen LogP contribution in [0.5, 0.6) is 0 Å². The molecule has 1 amide bonds. The summed E-state index contributed by atoms with van der Waals surface area (Å²) in [5.41, 5.74) is 2.93. The van der Waals surface area contributed by atoms with Crippen LogP contribution in [0.1, 0.15) is 29.8 Å². The first kappa shape index (κ1) is 17.6. The molecule has 0 spiro atoms. The number of benzene rings is 1. The van der Waals surface area contributed by atoms with Crippen molar-refractivity contribution in [1.29, 1.82) is 0 Å². The van der Waals surface area contributed by atoms with Gasteiger partial charge in [-0.15, -0.1) is 0 Å². The number of nitrogens with zero attached hydrogens (tertiary/aromatic N) is 2. The van der Waals surface area contributed by atoms with Crippen molar-refractivity contribution in [3.8, 4) is 0 Å². The minimum Gasteiger partial charge on any atom is -0.308 e. The van der Waals surface area contributed by atoms with Gasteiger partial charge in [-0.25, -0.2) is 10.2 Å². The van der Waals surface area contributed by atoms with E-state index < -0.39 is 5.91 Å². The van der Waals surface area contributed by atoms with Gasteiger partial charge in [-0.2, -0.15) is 0 Å². The molecule has 3 N–H and O–H groups in total. The molecule has 0 radical (unpaired) electrons. The molecule has 0 bridgehead atoms. The number of nitrogens with one attached hydrogen (secondary N) is 1. The molecule has 0 fully saturated rings. The highest BCUT2D eigenvalue weighted by atomic mass is 19.1. The lowest BCUT2D eigenvalue weighted by Gasteiger charge is -2.30. The molecule has 1 aromatic carbocycles. The number of hydrazine groups is 1. The fourth-order valence-electron chi connectivity index (χ4n) is 2.36. The van der Waals surface area contributed by atoms with Crippen LogP contribution in [0, 0.1) is 5.82 Å². The number of nitrogen functional groups attached to an aromatic ring is 1. The highest BCUT2D eigenvalue weighted by molar-refractivity contribution is 5.93. The molecule has 6 heteroatoms. The minimum absolute atomic E-state index is 0.288. The number of rotatable bonds is 7. The zero-order valence-corrected chi connectivity index (χ0v) is 13.2. The third kappa shape index (κ3) is 5.08. The summed E-state index contributed by atoms with van der Waals surface area (Å²) in [7, 11) is 4.02. The molecule has 1 aromatic rings. The van der Waals surface area contributed by atoms with Gasteiger partial charge in [0.25, 0.3) is 5.91 Å². The van der Waals surface area contributed by atoms with E-state index in [1.807, 2.05) is 21.0 Å². The third-order valence-electron chi connectivity index (χ3n) is 3.47. The number of hydrogen-bond donors (Lipinski definition) is 2. The molecule has 1 unspecified atom stereocenters. The van der Waals surface area contributed by atoms with Gasteiger partial charge in [0.2, 0.25) is 0 Å². The summed E-state index contributed by atoms with van der Waals surface area (Å²) in [6.45, 7) is 6.31. The number of carbonyl (C=O) groups excluding carboxylic acids is 1. The van der Waals surface area contributed by atoms with Crippen LogP contribution in [0.2, 0.25) is 0 Å². The Kier molecular flexibility index (Phi) is 6.74. The Bertz CT molecular complexity index is 479. The van der Waals surface area contributed by atoms with Gasteiger partial charge in [0.15, 0.2) is 0 Å². The maximum atomic E-state index is 14.0. The summed E-state index contributed by atoms with van der Waals surface area (Å²) in [5, 5.41) is 0. The Morgan fingerprint density at radius 2 is 2.10 bits per heavy atom. The average Bonchev–Trinajstić information content (AvgIpc) is 2.44. The number of hydrogen-bond acceptors (Lipinski definition) is 4. The topological polar surface area (TPSA) is 61.6 Å². The van der Waals surface area contributed by atoms with Gasteiger partial charge >= 0.3 is 0 Å². The first-order valence-electron chi connectivity index (χ1n) is 7.07. The normalized spacial score (nSPS) is 12.8. The molecule has 0 aromatic heterocycles. The van der Waals surface area contributed by atoms with Crippen LogP contribution in [0.25, 0.3) is 0 Å². The van der Waals surface area contributed by atoms with Crippen LogP contribution in [0.3, 0.4) is 0 Å². The van der Waals surface area contributed by atoms with Crippen molar-refractivity contribution in [3.05, 3.63) is 35.1 Å². The van der Waals surface area contributed by atoms with E-state index in [-0.39, 0.29) is 11.9 Å². The summed E-state index contributed by atoms with van der Waals surface area (Å²) >= 11 is 0. The average molecular weight is 296 g/mol. The van der Waals surface area contributed by atoms with Crippen LogP contribution in [-0.2, 0) is 6.54 Å². The summed E-state index contributed by atoms with van der Waals surface area (Å²) in [5.74, 6) is 4.39. The van der Waals surface area contributed by atoms with Crippen molar-refractivity contribution in [2.45, 2.75) is 26.4 Å². The van der Waals surface area contributed by atoms with Crippen molar-refractivity contribution in [1.82, 2.24) is 15.2 Å². The quantitative estimate of drug-likeness (QED) is 0.451. The molecule has 0 saturated carbocycles. The summed E-state index contributed by atoms with van der Waals surface area (Å²) in [6.07, 6.45) is 0. The molecular formula is C15H25FN4O. The maximum absolute atomic E-state index is 14.0. The van der Waals surface area contributed by atoms with E-state index in [1.54, 1.807) is 6.07 Å². The highest BCUT2D eigenvalue weighted by Crippen LogP contribution is 2.15. The van der Waals surface area contributed by atoms with Crippen molar-refractivity contribution in [3.63, 3.8) is 0 Å². The third-order valence-corrected chi connectivity index (χ3v) is 3.47. The molecule has 0 heterocycles. The first-order valence-corrected chi connectivity index (χ1v) is 7.07. The van der Waals surface area contributed by atoms with Crippen molar-refractivity contribution < 1.29 is 9.18 Å². The smallest absolute Gasteiger partial charge is 0.265 e. The Morgan fingerprint density at radius 3 is 2.62 bits per heavy atom. The molecule has 0 aliphatic carbocycles. The summed E-state index contributed by atoms with van der Waals surface area (Å²) < 4.78 is 14.0. The molecule has 0 aliphatic rings. The van der Waals surface area contributed by atoms with E-state index in [2.05, 4.69) is 22.1 Å². The summed E-state index contributed by atoms with van der Waals surface area (Å²) in [6, 6.07) is 4.59. The molecule has 0 aliphatic heterocycles. The van der Waals surface area contributed by atoms with Gasteiger partial charge < -0.3 is 4.90 Å². The summed E-state index contributed by atoms with van der Waals surface area (Å²) in [4.78, 5) is 15.8. The second kappa shape index (κ2) is 8.07. The second-order valence-corrected chi connectivity index (χ2v) is 5.45. The Morgan fingerprint density at radius 1 is 1.43 bits per heavy atom. The molecular weight excluding hydrogens is 271 g/mol. The fourth-order valence-corrected chi connectivity index (χ4v) is 2.36. The van der Waals surface area contributed by atoms with Gasteiger partial charge in [-0.05, 0) is 45.8 Å². The van der Waals surface area contributed by atoms with Crippen LogP contribution in [0.15, 0.2) is 18.2 Å².